The highest BCUT2D eigenvalue weighted by atomic mass is 35.5. The Morgan fingerprint density at radius 1 is 1.29 bits per heavy atom. The van der Waals surface area contributed by atoms with E-state index in [1.54, 1.807) is 59.0 Å². The Balaban J connectivity index is 1.76. The van der Waals surface area contributed by atoms with Gasteiger partial charge in [0.15, 0.2) is 11.9 Å². The predicted molar refractivity (Wildman–Crippen MR) is 197 cm³/mol. The van der Waals surface area contributed by atoms with E-state index in [9.17, 15) is 24.3 Å². The number of fused-ring (bicyclic) bond motifs is 5. The summed E-state index contributed by atoms with van der Waals surface area (Å²) in [5.74, 6) is -2.08. The van der Waals surface area contributed by atoms with E-state index in [-0.39, 0.29) is 24.3 Å². The third-order valence-electron chi connectivity index (χ3n) is 9.85. The number of thiol groups is 1. The highest BCUT2D eigenvalue weighted by Crippen LogP contribution is 2.49. The van der Waals surface area contributed by atoms with Gasteiger partial charge in [-0.2, -0.15) is 12.6 Å². The number of amides is 3. The molecule has 3 aliphatic heterocycles. The largest absolute Gasteiger partial charge is 0.495 e. The average Bonchev–Trinajstić information content (AvgIpc) is 3.75. The average molecular weight is 767 g/mol. The molecule has 0 radical (unpaired) electrons. The van der Waals surface area contributed by atoms with Gasteiger partial charge in [-0.15, -0.1) is 0 Å². The molecule has 0 aromatic heterocycles. The molecule has 1 aromatic carbocycles. The molecule has 0 unspecified atom stereocenters. The second kappa shape index (κ2) is 15.9. The zero-order valence-electron chi connectivity index (χ0n) is 31.1. The van der Waals surface area contributed by atoms with E-state index in [1.807, 2.05) is 13.0 Å². The number of hydrogen-bond acceptors (Lipinski definition) is 12. The number of aliphatic hydroxyl groups is 1. The van der Waals surface area contributed by atoms with Crippen LogP contribution < -0.4 is 20.7 Å². The number of halogens is 1. The van der Waals surface area contributed by atoms with E-state index >= 15 is 0 Å². The molecule has 4 N–H and O–H groups in total. The number of nitrogens with one attached hydrogen (secondary N) is 1. The fourth-order valence-electron chi connectivity index (χ4n) is 6.62. The first kappa shape index (κ1) is 41.4. The van der Waals surface area contributed by atoms with Crippen LogP contribution in [0.5, 0.6) is 5.75 Å². The molecule has 52 heavy (non-hydrogen) atoms. The number of nitrogens with two attached hydrogens (primary N) is 1. The Hall–Kier alpha value is -3.34. The summed E-state index contributed by atoms with van der Waals surface area (Å²) in [6, 6.07) is 3.55. The van der Waals surface area contributed by atoms with Gasteiger partial charge in [0.25, 0.3) is 0 Å². The van der Waals surface area contributed by atoms with E-state index in [1.165, 1.54) is 26.2 Å². The molecule has 0 spiro atoms. The number of likely N-dealkylation sites (N-methyl/N-ethyl adjacent to an activating group) is 1. The highest BCUT2D eigenvalue weighted by molar-refractivity contribution is 7.81. The normalized spacial score (nSPS) is 31.9. The molecule has 14 nitrogen and oxygen atoms in total. The van der Waals surface area contributed by atoms with Crippen molar-refractivity contribution in [2.75, 3.05) is 33.2 Å². The molecule has 3 aliphatic rings. The predicted octanol–water partition coefficient (Wildman–Crippen LogP) is 3.51. The van der Waals surface area contributed by atoms with Gasteiger partial charge in [-0.05, 0) is 38.0 Å². The van der Waals surface area contributed by atoms with Crippen LogP contribution in [0.15, 0.2) is 35.9 Å². The molecule has 0 saturated carbocycles. The standard InChI is InChI=1S/C36H51ClN4O10S/c1-19-11-10-12-25(48-9)36(46)17-24(49-33(45)39-36)20(2)30-35(5,51-30)26(50-32(44)31(38)41(7)28(43)18-34(3,4)52)16-27(42)40(6)22-14-21(13-19)15-23(47-8)29(22)37/h10-12,14-15,20,24-26,30-31,46,52H,13,16-18,38H2,1-9H3,(H,39,45)/b12-10+,19-11+/t20-,24+,25-,26+,30+,31-,35+,36+/m1/s1. The van der Waals surface area contributed by atoms with Crippen molar-refractivity contribution in [1.82, 2.24) is 10.2 Å². The van der Waals surface area contributed by atoms with Crippen LogP contribution >= 0.6 is 24.2 Å². The lowest BCUT2D eigenvalue weighted by atomic mass is 9.83. The monoisotopic (exact) mass is 766 g/mol. The Morgan fingerprint density at radius 3 is 2.58 bits per heavy atom. The van der Waals surface area contributed by atoms with Crippen LogP contribution in [0.25, 0.3) is 0 Å². The number of carbonyl (C=O) groups excluding carboxylic acids is 4. The van der Waals surface area contributed by atoms with Crippen molar-refractivity contribution in [1.29, 1.82) is 0 Å². The van der Waals surface area contributed by atoms with Gasteiger partial charge < -0.3 is 44.3 Å². The Morgan fingerprint density at radius 2 is 1.96 bits per heavy atom. The van der Waals surface area contributed by atoms with Crippen LogP contribution in [0.3, 0.4) is 0 Å². The molecule has 288 valence electrons. The summed E-state index contributed by atoms with van der Waals surface area (Å²) in [7, 11) is 5.83. The van der Waals surface area contributed by atoms with Crippen molar-refractivity contribution >= 4 is 53.8 Å². The van der Waals surface area contributed by atoms with Crippen LogP contribution in [-0.4, -0.2) is 109 Å². The van der Waals surface area contributed by atoms with Crippen molar-refractivity contribution in [2.24, 2.45) is 11.7 Å². The van der Waals surface area contributed by atoms with Crippen molar-refractivity contribution in [3.05, 3.63) is 46.5 Å². The van der Waals surface area contributed by atoms with E-state index in [0.717, 1.165) is 16.0 Å². The molecule has 2 saturated heterocycles. The number of esters is 1. The van der Waals surface area contributed by atoms with Gasteiger partial charge in [0, 0.05) is 44.7 Å². The number of allylic oxidation sites excluding steroid dienone is 3. The van der Waals surface area contributed by atoms with Gasteiger partial charge >= 0.3 is 12.1 Å². The number of methoxy groups -OCH3 is 2. The van der Waals surface area contributed by atoms with Crippen LogP contribution in [0.1, 0.15) is 59.4 Å². The summed E-state index contributed by atoms with van der Waals surface area (Å²) in [6.45, 7) is 8.87. The SMILES string of the molecule is COc1cc2cc(c1Cl)N(C)C(=O)C[C@H](OC(=O)[C@H](N)N(C)C(=O)CC(C)(C)S)[C@]1(C)O[C@H]1[C@H](C)[C@@H]1C[C@@](O)(NC(=O)O1)[C@H](OC)/C=C/C=C(\C)C2. The topological polar surface area (TPSA) is 182 Å². The number of nitrogens with zero attached hydrogens (tertiary/aromatic N) is 2. The quantitative estimate of drug-likeness (QED) is 0.138. The van der Waals surface area contributed by atoms with Crippen LogP contribution in [0, 0.1) is 5.92 Å². The summed E-state index contributed by atoms with van der Waals surface area (Å²) in [4.78, 5) is 55.8. The third kappa shape index (κ3) is 9.23. The fraction of sp³-hybridized carbons (Fsp3) is 0.611. The maximum atomic E-state index is 14.1. The van der Waals surface area contributed by atoms with Gasteiger partial charge in [-0.25, -0.2) is 9.59 Å². The van der Waals surface area contributed by atoms with Gasteiger partial charge in [-0.1, -0.05) is 56.2 Å². The molecule has 2 fully saturated rings. The fourth-order valence-corrected chi connectivity index (χ4v) is 7.07. The first-order valence-electron chi connectivity index (χ1n) is 17.0. The smallest absolute Gasteiger partial charge is 0.409 e. The molecule has 16 heteroatoms. The Kier molecular flexibility index (Phi) is 12.7. The van der Waals surface area contributed by atoms with Gasteiger partial charge in [0.1, 0.15) is 34.7 Å². The third-order valence-corrected chi connectivity index (χ3v) is 10.4. The minimum Gasteiger partial charge on any atom is -0.495 e. The van der Waals surface area contributed by atoms with Crippen molar-refractivity contribution < 1.29 is 48.0 Å². The van der Waals surface area contributed by atoms with Crippen LogP contribution in [0.2, 0.25) is 5.02 Å². The van der Waals surface area contributed by atoms with Gasteiger partial charge in [-0.3, -0.25) is 14.9 Å². The van der Waals surface area contributed by atoms with Gasteiger partial charge in [0.05, 0.1) is 25.3 Å². The first-order valence-corrected chi connectivity index (χ1v) is 17.8. The second-order valence-electron chi connectivity index (χ2n) is 14.7. The molecule has 8 atom stereocenters. The number of epoxide rings is 1. The lowest BCUT2D eigenvalue weighted by Crippen LogP contribution is -2.63. The second-order valence-corrected chi connectivity index (χ2v) is 16.3. The summed E-state index contributed by atoms with van der Waals surface area (Å²) in [5.41, 5.74) is 5.17. The highest BCUT2D eigenvalue weighted by Gasteiger charge is 2.64. The molecule has 1 aromatic rings. The molecule has 0 aliphatic carbocycles. The summed E-state index contributed by atoms with van der Waals surface area (Å²) in [6.07, 6.45) is -0.889. The lowest BCUT2D eigenvalue weighted by molar-refractivity contribution is -0.162. The van der Waals surface area contributed by atoms with E-state index in [4.69, 9.17) is 41.0 Å². The van der Waals surface area contributed by atoms with E-state index in [0.29, 0.717) is 17.9 Å². The molecular weight excluding hydrogens is 716 g/mol. The maximum absolute atomic E-state index is 14.1. The first-order chi connectivity index (χ1) is 24.1. The minimum atomic E-state index is -1.84. The van der Waals surface area contributed by atoms with Crippen LogP contribution in [0.4, 0.5) is 10.5 Å². The Labute approximate surface area is 315 Å². The molecular formula is C36H51ClN4O10S. The Bertz CT molecular complexity index is 1620. The molecule has 4 bridgehead atoms. The molecule has 3 heterocycles. The molecule has 3 amide bonds. The number of carbonyl (C=O) groups is 4. The van der Waals surface area contributed by atoms with Crippen LogP contribution in [-0.2, 0) is 39.8 Å². The van der Waals surface area contributed by atoms with Gasteiger partial charge in [0.2, 0.25) is 11.8 Å². The van der Waals surface area contributed by atoms with Crippen molar-refractivity contribution in [3.63, 3.8) is 0 Å². The minimum absolute atomic E-state index is 0.000348. The number of alkyl carbamates (subject to hydrolysis) is 1. The zero-order valence-corrected chi connectivity index (χ0v) is 32.7. The van der Waals surface area contributed by atoms with Crippen molar-refractivity contribution in [3.8, 4) is 5.75 Å². The van der Waals surface area contributed by atoms with Crippen molar-refractivity contribution in [2.45, 2.75) is 107 Å². The number of rotatable bonds is 7. The summed E-state index contributed by atoms with van der Waals surface area (Å²) < 4.78 is 28.3. The maximum Gasteiger partial charge on any atom is 0.409 e. The lowest BCUT2D eigenvalue weighted by Gasteiger charge is -2.42. The zero-order chi connectivity index (χ0) is 38.9. The van der Waals surface area contributed by atoms with E-state index in [2.05, 4.69) is 17.9 Å². The number of benzene rings is 1. The number of hydrogen-bond donors (Lipinski definition) is 4. The molecule has 4 rings (SSSR count). The van der Waals surface area contributed by atoms with E-state index < -0.39 is 76.4 Å². The number of ether oxygens (including phenoxy) is 5. The summed E-state index contributed by atoms with van der Waals surface area (Å²) in [5, 5.41) is 14.4. The summed E-state index contributed by atoms with van der Waals surface area (Å²) >= 11 is 11.1. The number of anilines is 1.